The summed E-state index contributed by atoms with van der Waals surface area (Å²) >= 11 is 0. The maximum absolute atomic E-state index is 3.54. The second kappa shape index (κ2) is 7.45. The van der Waals surface area contributed by atoms with E-state index in [0.29, 0.717) is 6.04 Å². The van der Waals surface area contributed by atoms with Crippen LogP contribution in [0, 0.1) is 5.92 Å². The minimum atomic E-state index is 0.289. The highest BCUT2D eigenvalue weighted by atomic mass is 14.9. The molecule has 1 N–H and O–H groups in total. The third-order valence-electron chi connectivity index (χ3n) is 5.62. The monoisotopic (exact) mass is 287 g/mol. The molecule has 1 atom stereocenters. The van der Waals surface area contributed by atoms with Crippen LogP contribution >= 0.6 is 0 Å². The predicted molar refractivity (Wildman–Crippen MR) is 92.8 cm³/mol. The molecule has 21 heavy (non-hydrogen) atoms. The highest BCUT2D eigenvalue weighted by Gasteiger charge is 2.21. The maximum atomic E-state index is 3.54. The van der Waals surface area contributed by atoms with Crippen LogP contribution in [0.15, 0.2) is 24.3 Å². The van der Waals surface area contributed by atoms with E-state index >= 15 is 0 Å². The van der Waals surface area contributed by atoms with E-state index in [1.165, 1.54) is 56.1 Å². The van der Waals surface area contributed by atoms with Crippen LogP contribution in [-0.2, 0) is 5.41 Å². The van der Waals surface area contributed by atoms with Gasteiger partial charge in [0.2, 0.25) is 0 Å². The highest BCUT2D eigenvalue weighted by molar-refractivity contribution is 5.29. The van der Waals surface area contributed by atoms with Crippen LogP contribution in [-0.4, -0.2) is 7.05 Å². The summed E-state index contributed by atoms with van der Waals surface area (Å²) < 4.78 is 0. The molecule has 118 valence electrons. The first-order chi connectivity index (χ1) is 10.1. The van der Waals surface area contributed by atoms with Gasteiger partial charge >= 0.3 is 0 Å². The van der Waals surface area contributed by atoms with Crippen LogP contribution < -0.4 is 5.32 Å². The van der Waals surface area contributed by atoms with Crippen LogP contribution in [0.2, 0.25) is 0 Å². The molecule has 2 rings (SSSR count). The first kappa shape index (κ1) is 16.5. The summed E-state index contributed by atoms with van der Waals surface area (Å²) in [4.78, 5) is 0. The van der Waals surface area contributed by atoms with Gasteiger partial charge in [-0.3, -0.25) is 0 Å². The molecule has 0 spiro atoms. The van der Waals surface area contributed by atoms with E-state index in [4.69, 9.17) is 0 Å². The van der Waals surface area contributed by atoms with E-state index in [0.717, 1.165) is 5.92 Å². The molecule has 0 amide bonds. The molecule has 1 aliphatic rings. The molecule has 1 aromatic rings. The quantitative estimate of drug-likeness (QED) is 0.717. The topological polar surface area (TPSA) is 12.0 Å². The minimum absolute atomic E-state index is 0.289. The van der Waals surface area contributed by atoms with Gasteiger partial charge in [0.15, 0.2) is 0 Å². The Hall–Kier alpha value is -0.820. The third-order valence-corrected chi connectivity index (χ3v) is 5.62. The molecule has 1 nitrogen and oxygen atoms in total. The van der Waals surface area contributed by atoms with Crippen molar-refractivity contribution in [2.24, 2.45) is 5.92 Å². The average molecular weight is 287 g/mol. The lowest BCUT2D eigenvalue weighted by molar-refractivity contribution is 0.306. The van der Waals surface area contributed by atoms with E-state index in [2.05, 4.69) is 57.4 Å². The van der Waals surface area contributed by atoms with Crippen molar-refractivity contribution in [2.75, 3.05) is 7.05 Å². The zero-order chi connectivity index (χ0) is 15.3. The SMILES string of the molecule is CCC(C)(C)c1ccc(C(CC2CCCCC2)NC)cc1. The number of benzene rings is 1. The Morgan fingerprint density at radius 2 is 1.71 bits per heavy atom. The van der Waals surface area contributed by atoms with Gasteiger partial charge < -0.3 is 5.32 Å². The number of hydrogen-bond acceptors (Lipinski definition) is 1. The summed E-state index contributed by atoms with van der Waals surface area (Å²) in [6, 6.07) is 9.88. The minimum Gasteiger partial charge on any atom is -0.313 e. The maximum Gasteiger partial charge on any atom is 0.0320 e. The standard InChI is InChI=1S/C20H33N/c1-5-20(2,3)18-13-11-17(12-14-18)19(21-4)15-16-9-7-6-8-10-16/h11-14,16,19,21H,5-10,15H2,1-4H3. The van der Waals surface area contributed by atoms with Gasteiger partial charge in [0.05, 0.1) is 0 Å². The fraction of sp³-hybridized carbons (Fsp3) is 0.700. The van der Waals surface area contributed by atoms with Crippen molar-refractivity contribution >= 4 is 0 Å². The van der Waals surface area contributed by atoms with E-state index in [9.17, 15) is 0 Å². The molecule has 0 aliphatic heterocycles. The lowest BCUT2D eigenvalue weighted by Crippen LogP contribution is -2.21. The molecule has 0 radical (unpaired) electrons. The molecule has 1 unspecified atom stereocenters. The highest BCUT2D eigenvalue weighted by Crippen LogP contribution is 2.33. The number of nitrogens with one attached hydrogen (secondary N) is 1. The molecule has 1 heteroatoms. The van der Waals surface area contributed by atoms with Crippen LogP contribution in [0.3, 0.4) is 0 Å². The lowest BCUT2D eigenvalue weighted by Gasteiger charge is -2.28. The molecule has 1 aliphatic carbocycles. The normalized spacial score (nSPS) is 18.7. The second-order valence-corrected chi connectivity index (χ2v) is 7.44. The number of hydrogen-bond donors (Lipinski definition) is 1. The Morgan fingerprint density at radius 1 is 1.10 bits per heavy atom. The Balaban J connectivity index is 2.04. The summed E-state index contributed by atoms with van der Waals surface area (Å²) in [5.41, 5.74) is 3.21. The van der Waals surface area contributed by atoms with Gasteiger partial charge in [-0.1, -0.05) is 77.1 Å². The summed E-state index contributed by atoms with van der Waals surface area (Å²) in [5.74, 6) is 0.919. The summed E-state index contributed by atoms with van der Waals surface area (Å²) in [7, 11) is 2.11. The smallest absolute Gasteiger partial charge is 0.0320 e. The van der Waals surface area contributed by atoms with Crippen molar-refractivity contribution in [3.8, 4) is 0 Å². The van der Waals surface area contributed by atoms with Crippen molar-refractivity contribution in [3.05, 3.63) is 35.4 Å². The zero-order valence-corrected chi connectivity index (χ0v) is 14.4. The molecule has 1 fully saturated rings. The predicted octanol–water partition coefficient (Wildman–Crippen LogP) is 5.61. The lowest BCUT2D eigenvalue weighted by atomic mass is 9.80. The van der Waals surface area contributed by atoms with Gasteiger partial charge in [-0.05, 0) is 42.3 Å². The summed E-state index contributed by atoms with van der Waals surface area (Å²) in [6.45, 7) is 6.94. The van der Waals surface area contributed by atoms with Gasteiger partial charge in [-0.15, -0.1) is 0 Å². The van der Waals surface area contributed by atoms with Crippen molar-refractivity contribution in [3.63, 3.8) is 0 Å². The second-order valence-electron chi connectivity index (χ2n) is 7.44. The summed E-state index contributed by atoms with van der Waals surface area (Å²) in [5, 5.41) is 3.54. The molecule has 1 aromatic carbocycles. The van der Waals surface area contributed by atoms with Gasteiger partial charge in [0.1, 0.15) is 0 Å². The fourth-order valence-corrected chi connectivity index (χ4v) is 3.55. The summed E-state index contributed by atoms with van der Waals surface area (Å²) in [6.07, 6.45) is 9.66. The Kier molecular flexibility index (Phi) is 5.87. The molecule has 0 bridgehead atoms. The van der Waals surface area contributed by atoms with Crippen molar-refractivity contribution in [2.45, 2.75) is 77.2 Å². The third kappa shape index (κ3) is 4.32. The van der Waals surface area contributed by atoms with Gasteiger partial charge in [-0.25, -0.2) is 0 Å². The van der Waals surface area contributed by atoms with E-state index in [-0.39, 0.29) is 5.41 Å². The Labute approximate surface area is 131 Å². The molecule has 0 aromatic heterocycles. The largest absolute Gasteiger partial charge is 0.313 e. The van der Waals surface area contributed by atoms with E-state index in [1.54, 1.807) is 0 Å². The van der Waals surface area contributed by atoms with Gasteiger partial charge in [0.25, 0.3) is 0 Å². The molecule has 1 saturated carbocycles. The Morgan fingerprint density at radius 3 is 2.24 bits per heavy atom. The van der Waals surface area contributed by atoms with E-state index in [1.807, 2.05) is 0 Å². The van der Waals surface area contributed by atoms with Crippen molar-refractivity contribution < 1.29 is 0 Å². The molecular weight excluding hydrogens is 254 g/mol. The zero-order valence-electron chi connectivity index (χ0n) is 14.4. The molecule has 0 heterocycles. The molecular formula is C20H33N. The van der Waals surface area contributed by atoms with Crippen LogP contribution in [0.1, 0.15) is 82.9 Å². The first-order valence-electron chi connectivity index (χ1n) is 8.84. The van der Waals surface area contributed by atoms with Crippen molar-refractivity contribution in [1.29, 1.82) is 0 Å². The van der Waals surface area contributed by atoms with Crippen LogP contribution in [0.25, 0.3) is 0 Å². The van der Waals surface area contributed by atoms with Crippen LogP contribution in [0.5, 0.6) is 0 Å². The fourth-order valence-electron chi connectivity index (χ4n) is 3.55. The van der Waals surface area contributed by atoms with Gasteiger partial charge in [0, 0.05) is 6.04 Å². The number of rotatable bonds is 6. The van der Waals surface area contributed by atoms with Crippen molar-refractivity contribution in [1.82, 2.24) is 5.32 Å². The van der Waals surface area contributed by atoms with Crippen LogP contribution in [0.4, 0.5) is 0 Å². The first-order valence-corrected chi connectivity index (χ1v) is 8.84. The van der Waals surface area contributed by atoms with E-state index < -0.39 is 0 Å². The van der Waals surface area contributed by atoms with Gasteiger partial charge in [-0.2, -0.15) is 0 Å². The average Bonchev–Trinajstić information content (AvgIpc) is 2.54. The Bertz CT molecular complexity index is 412. The molecule has 0 saturated heterocycles.